The van der Waals surface area contributed by atoms with E-state index in [2.05, 4.69) is 16.0 Å². The van der Waals surface area contributed by atoms with Crippen LogP contribution >= 0.6 is 0 Å². The molecular weight excluding hydrogens is 254 g/mol. The Morgan fingerprint density at radius 1 is 1.05 bits per heavy atom. The quantitative estimate of drug-likeness (QED) is 0.703. The van der Waals surface area contributed by atoms with E-state index in [0.717, 1.165) is 6.42 Å². The molecule has 3 N–H and O–H groups in total. The zero-order valence-corrected chi connectivity index (χ0v) is 12.1. The molecule has 0 unspecified atom stereocenters. The Morgan fingerprint density at radius 2 is 1.75 bits per heavy atom. The molecule has 110 valence electrons. The van der Waals surface area contributed by atoms with Crippen LogP contribution in [0.2, 0.25) is 0 Å². The normalized spacial score (nSPS) is 10.2. The van der Waals surface area contributed by atoms with Crippen molar-refractivity contribution in [1.82, 2.24) is 16.0 Å². The van der Waals surface area contributed by atoms with Gasteiger partial charge in [-0.05, 0) is 17.9 Å². The van der Waals surface area contributed by atoms with Crippen molar-refractivity contribution in [3.8, 4) is 0 Å². The predicted molar refractivity (Wildman–Crippen MR) is 79.4 cm³/mol. The Balaban J connectivity index is 2.10. The fourth-order valence-electron chi connectivity index (χ4n) is 1.57. The van der Waals surface area contributed by atoms with Crippen LogP contribution in [0.1, 0.15) is 19.4 Å². The second-order valence-corrected chi connectivity index (χ2v) is 5.04. The lowest BCUT2D eigenvalue weighted by Gasteiger charge is -2.09. The van der Waals surface area contributed by atoms with Gasteiger partial charge in [-0.3, -0.25) is 4.79 Å². The SMILES string of the molecule is CC(C)CNC(=O)NCC(=O)NCCc1ccccc1. The molecule has 20 heavy (non-hydrogen) atoms. The van der Waals surface area contributed by atoms with Gasteiger partial charge in [0.05, 0.1) is 6.54 Å². The number of rotatable bonds is 7. The van der Waals surface area contributed by atoms with E-state index in [4.69, 9.17) is 0 Å². The summed E-state index contributed by atoms with van der Waals surface area (Å²) < 4.78 is 0. The van der Waals surface area contributed by atoms with Gasteiger partial charge >= 0.3 is 6.03 Å². The molecule has 0 atom stereocenters. The van der Waals surface area contributed by atoms with E-state index >= 15 is 0 Å². The molecule has 5 heteroatoms. The fraction of sp³-hybridized carbons (Fsp3) is 0.467. The molecule has 0 spiro atoms. The fourth-order valence-corrected chi connectivity index (χ4v) is 1.57. The second-order valence-electron chi connectivity index (χ2n) is 5.04. The molecule has 0 aliphatic carbocycles. The topological polar surface area (TPSA) is 70.2 Å². The van der Waals surface area contributed by atoms with E-state index in [1.54, 1.807) is 0 Å². The van der Waals surface area contributed by atoms with Gasteiger partial charge in [0, 0.05) is 13.1 Å². The second kappa shape index (κ2) is 8.96. The van der Waals surface area contributed by atoms with Crippen LogP contribution in [-0.4, -0.2) is 31.6 Å². The van der Waals surface area contributed by atoms with E-state index in [1.807, 2.05) is 44.2 Å². The Hall–Kier alpha value is -2.04. The third-order valence-electron chi connectivity index (χ3n) is 2.66. The van der Waals surface area contributed by atoms with Crippen LogP contribution in [0.5, 0.6) is 0 Å². The maximum Gasteiger partial charge on any atom is 0.315 e. The van der Waals surface area contributed by atoms with Crippen LogP contribution < -0.4 is 16.0 Å². The molecule has 0 heterocycles. The van der Waals surface area contributed by atoms with Gasteiger partial charge in [-0.2, -0.15) is 0 Å². The molecule has 0 aliphatic heterocycles. The highest BCUT2D eigenvalue weighted by Crippen LogP contribution is 1.97. The zero-order valence-electron chi connectivity index (χ0n) is 12.1. The standard InChI is InChI=1S/C15H23N3O2/c1-12(2)10-17-15(20)18-11-14(19)16-9-8-13-6-4-3-5-7-13/h3-7,12H,8-11H2,1-2H3,(H,16,19)(H2,17,18,20). The minimum atomic E-state index is -0.308. The number of carbonyl (C=O) groups excluding carboxylic acids is 2. The van der Waals surface area contributed by atoms with Gasteiger partial charge in [-0.15, -0.1) is 0 Å². The Bertz CT molecular complexity index is 418. The summed E-state index contributed by atoms with van der Waals surface area (Å²) in [7, 11) is 0. The lowest BCUT2D eigenvalue weighted by atomic mass is 10.1. The van der Waals surface area contributed by atoms with E-state index in [9.17, 15) is 9.59 Å². The van der Waals surface area contributed by atoms with Crippen molar-refractivity contribution in [2.24, 2.45) is 5.92 Å². The first-order valence-electron chi connectivity index (χ1n) is 6.90. The summed E-state index contributed by atoms with van der Waals surface area (Å²) in [5.41, 5.74) is 1.18. The smallest absolute Gasteiger partial charge is 0.315 e. The molecule has 0 aromatic heterocycles. The Labute approximate surface area is 120 Å². The average Bonchev–Trinajstić information content (AvgIpc) is 2.44. The number of urea groups is 1. The van der Waals surface area contributed by atoms with Crippen LogP contribution in [-0.2, 0) is 11.2 Å². The molecule has 5 nitrogen and oxygen atoms in total. The van der Waals surface area contributed by atoms with Crippen molar-refractivity contribution in [3.05, 3.63) is 35.9 Å². The molecule has 0 saturated carbocycles. The highest BCUT2D eigenvalue weighted by atomic mass is 16.2. The lowest BCUT2D eigenvalue weighted by Crippen LogP contribution is -2.43. The monoisotopic (exact) mass is 277 g/mol. The first-order chi connectivity index (χ1) is 9.58. The van der Waals surface area contributed by atoms with E-state index in [-0.39, 0.29) is 18.5 Å². The van der Waals surface area contributed by atoms with Crippen molar-refractivity contribution >= 4 is 11.9 Å². The summed E-state index contributed by atoms with van der Waals surface area (Å²) in [6.45, 7) is 5.19. The minimum absolute atomic E-state index is 0.00127. The molecule has 0 radical (unpaired) electrons. The van der Waals surface area contributed by atoms with Crippen LogP contribution in [0.4, 0.5) is 4.79 Å². The lowest BCUT2D eigenvalue weighted by molar-refractivity contribution is -0.120. The molecule has 1 rings (SSSR count). The largest absolute Gasteiger partial charge is 0.354 e. The van der Waals surface area contributed by atoms with Gasteiger partial charge in [-0.1, -0.05) is 44.2 Å². The highest BCUT2D eigenvalue weighted by molar-refractivity contribution is 5.83. The summed E-state index contributed by atoms with van der Waals surface area (Å²) in [6, 6.07) is 9.63. The summed E-state index contributed by atoms with van der Waals surface area (Å²) in [6.07, 6.45) is 0.784. The van der Waals surface area contributed by atoms with Gasteiger partial charge in [0.2, 0.25) is 5.91 Å². The third-order valence-corrected chi connectivity index (χ3v) is 2.66. The van der Waals surface area contributed by atoms with Crippen LogP contribution in [0.15, 0.2) is 30.3 Å². The van der Waals surface area contributed by atoms with Gasteiger partial charge in [0.1, 0.15) is 0 Å². The summed E-state index contributed by atoms with van der Waals surface area (Å²) >= 11 is 0. The maximum absolute atomic E-state index is 11.5. The van der Waals surface area contributed by atoms with E-state index < -0.39 is 0 Å². The molecule has 1 aromatic carbocycles. The number of amides is 3. The third kappa shape index (κ3) is 7.41. The number of hydrogen-bond donors (Lipinski definition) is 3. The molecular formula is C15H23N3O2. The number of benzene rings is 1. The van der Waals surface area contributed by atoms with E-state index in [1.165, 1.54) is 5.56 Å². The zero-order chi connectivity index (χ0) is 14.8. The van der Waals surface area contributed by atoms with Gasteiger partial charge in [0.25, 0.3) is 0 Å². The Kier molecular flexibility index (Phi) is 7.17. The van der Waals surface area contributed by atoms with Gasteiger partial charge < -0.3 is 16.0 Å². The van der Waals surface area contributed by atoms with Crippen molar-refractivity contribution in [1.29, 1.82) is 0 Å². The molecule has 0 bridgehead atoms. The molecule has 0 fully saturated rings. The molecule has 3 amide bonds. The summed E-state index contributed by atoms with van der Waals surface area (Å²) in [5, 5.41) is 7.98. The van der Waals surface area contributed by atoms with E-state index in [0.29, 0.717) is 19.0 Å². The first-order valence-corrected chi connectivity index (χ1v) is 6.90. The minimum Gasteiger partial charge on any atom is -0.354 e. The van der Waals surface area contributed by atoms with Crippen molar-refractivity contribution in [3.63, 3.8) is 0 Å². The number of carbonyl (C=O) groups is 2. The van der Waals surface area contributed by atoms with Crippen molar-refractivity contribution in [2.75, 3.05) is 19.6 Å². The number of hydrogen-bond acceptors (Lipinski definition) is 2. The molecule has 1 aromatic rings. The molecule has 0 saturated heterocycles. The van der Waals surface area contributed by atoms with Crippen molar-refractivity contribution in [2.45, 2.75) is 20.3 Å². The van der Waals surface area contributed by atoms with Gasteiger partial charge in [0.15, 0.2) is 0 Å². The van der Waals surface area contributed by atoms with Crippen LogP contribution in [0.25, 0.3) is 0 Å². The van der Waals surface area contributed by atoms with Crippen molar-refractivity contribution < 1.29 is 9.59 Å². The number of nitrogens with one attached hydrogen (secondary N) is 3. The summed E-state index contributed by atoms with van der Waals surface area (Å²) in [4.78, 5) is 22.9. The van der Waals surface area contributed by atoms with Crippen LogP contribution in [0, 0.1) is 5.92 Å². The summed E-state index contributed by atoms with van der Waals surface area (Å²) in [5.74, 6) is 0.209. The predicted octanol–water partition coefficient (Wildman–Crippen LogP) is 1.30. The Morgan fingerprint density at radius 3 is 2.40 bits per heavy atom. The first kappa shape index (κ1) is 16.0. The average molecular weight is 277 g/mol. The molecule has 0 aliphatic rings. The highest BCUT2D eigenvalue weighted by Gasteiger charge is 2.05. The van der Waals surface area contributed by atoms with Crippen LogP contribution in [0.3, 0.4) is 0 Å². The van der Waals surface area contributed by atoms with Gasteiger partial charge in [-0.25, -0.2) is 4.79 Å². The maximum atomic E-state index is 11.5.